The molecule has 0 aliphatic rings. The molecule has 4 aromatic rings. The lowest BCUT2D eigenvalue weighted by atomic mass is 10.3. The zero-order chi connectivity index (χ0) is 18.8. The minimum Gasteiger partial charge on any atom is -0.375 e. The summed E-state index contributed by atoms with van der Waals surface area (Å²) in [6.07, 6.45) is 1.49. The molecular formula is C17H12Cl2N6OS. The highest BCUT2D eigenvalue weighted by atomic mass is 35.5. The Morgan fingerprint density at radius 2 is 2.00 bits per heavy atom. The van der Waals surface area contributed by atoms with E-state index in [1.165, 1.54) is 10.9 Å². The predicted molar refractivity (Wildman–Crippen MR) is 107 cm³/mol. The van der Waals surface area contributed by atoms with Crippen molar-refractivity contribution in [2.24, 2.45) is 0 Å². The minimum atomic E-state index is -0.430. The maximum absolute atomic E-state index is 12.5. The van der Waals surface area contributed by atoms with Gasteiger partial charge in [0, 0.05) is 5.02 Å². The highest BCUT2D eigenvalue weighted by Crippen LogP contribution is 2.21. The van der Waals surface area contributed by atoms with Gasteiger partial charge in [0.15, 0.2) is 5.82 Å². The van der Waals surface area contributed by atoms with Gasteiger partial charge in [0.05, 0.1) is 29.0 Å². The largest absolute Gasteiger partial charge is 0.375 e. The topological polar surface area (TPSA) is 88.5 Å². The number of rotatable bonds is 5. The van der Waals surface area contributed by atoms with Crippen LogP contribution in [0.1, 0.15) is 5.82 Å². The molecule has 0 fully saturated rings. The van der Waals surface area contributed by atoms with Gasteiger partial charge in [-0.3, -0.25) is 9.89 Å². The number of anilines is 1. The van der Waals surface area contributed by atoms with Crippen LogP contribution in [-0.4, -0.2) is 25.0 Å². The Morgan fingerprint density at radius 3 is 2.74 bits per heavy atom. The summed E-state index contributed by atoms with van der Waals surface area (Å²) in [7, 11) is 0. The van der Waals surface area contributed by atoms with Crippen molar-refractivity contribution in [2.75, 3.05) is 5.32 Å². The van der Waals surface area contributed by atoms with Crippen LogP contribution >= 0.6 is 34.5 Å². The fourth-order valence-electron chi connectivity index (χ4n) is 2.39. The summed E-state index contributed by atoms with van der Waals surface area (Å²) in [6.45, 7) is 0.324. The Labute approximate surface area is 167 Å². The predicted octanol–water partition coefficient (Wildman–Crippen LogP) is 4.00. The molecular weight excluding hydrogens is 407 g/mol. The zero-order valence-corrected chi connectivity index (χ0v) is 16.0. The third kappa shape index (κ3) is 3.73. The molecule has 3 aromatic heterocycles. The molecule has 0 spiro atoms. The van der Waals surface area contributed by atoms with Gasteiger partial charge in [-0.1, -0.05) is 29.3 Å². The molecule has 0 saturated heterocycles. The Balaban J connectivity index is 1.52. The number of nitrogens with zero attached hydrogens (tertiary/aromatic N) is 4. The van der Waals surface area contributed by atoms with Gasteiger partial charge in [-0.05, 0) is 35.7 Å². The van der Waals surface area contributed by atoms with Gasteiger partial charge in [0.2, 0.25) is 0 Å². The van der Waals surface area contributed by atoms with Crippen LogP contribution in [0.4, 0.5) is 5.69 Å². The minimum absolute atomic E-state index is 0.0398. The molecule has 10 heteroatoms. The van der Waals surface area contributed by atoms with Crippen molar-refractivity contribution in [2.45, 2.75) is 6.54 Å². The molecule has 136 valence electrons. The van der Waals surface area contributed by atoms with Crippen LogP contribution in [-0.2, 0) is 6.54 Å². The van der Waals surface area contributed by atoms with Crippen LogP contribution < -0.4 is 10.9 Å². The summed E-state index contributed by atoms with van der Waals surface area (Å²) in [6, 6.07) is 10.6. The lowest BCUT2D eigenvalue weighted by Gasteiger charge is -2.09. The molecule has 0 saturated carbocycles. The highest BCUT2D eigenvalue weighted by molar-refractivity contribution is 7.13. The standard InChI is InChI=1S/C17H12Cl2N6OS/c18-10-3-5-11(6-4-10)25-17(26)15(19)12(8-21-25)20-9-14-22-16(24-23-14)13-2-1-7-27-13/h1-8,20H,9H2,(H,22,23,24). The van der Waals surface area contributed by atoms with Crippen LogP contribution in [0.15, 0.2) is 52.8 Å². The molecule has 0 radical (unpaired) electrons. The Hall–Kier alpha value is -2.68. The van der Waals surface area contributed by atoms with Gasteiger partial charge in [-0.25, -0.2) is 4.98 Å². The van der Waals surface area contributed by atoms with E-state index in [0.29, 0.717) is 34.6 Å². The molecule has 0 aliphatic carbocycles. The molecule has 1 aromatic carbocycles. The van der Waals surface area contributed by atoms with Crippen LogP contribution in [0.5, 0.6) is 0 Å². The van der Waals surface area contributed by atoms with Crippen molar-refractivity contribution in [3.8, 4) is 16.4 Å². The average molecular weight is 419 g/mol. The van der Waals surface area contributed by atoms with Crippen LogP contribution in [0, 0.1) is 0 Å². The van der Waals surface area contributed by atoms with Crippen molar-refractivity contribution < 1.29 is 0 Å². The van der Waals surface area contributed by atoms with E-state index < -0.39 is 5.56 Å². The molecule has 4 rings (SSSR count). The van der Waals surface area contributed by atoms with Gasteiger partial charge < -0.3 is 5.32 Å². The SMILES string of the molecule is O=c1c(Cl)c(NCc2nc(-c3cccs3)n[nH]2)cnn1-c1ccc(Cl)cc1. The van der Waals surface area contributed by atoms with Crippen molar-refractivity contribution in [3.63, 3.8) is 0 Å². The normalized spacial score (nSPS) is 10.9. The highest BCUT2D eigenvalue weighted by Gasteiger charge is 2.12. The van der Waals surface area contributed by atoms with E-state index in [4.69, 9.17) is 23.2 Å². The monoisotopic (exact) mass is 418 g/mol. The number of nitrogens with one attached hydrogen (secondary N) is 2. The lowest BCUT2D eigenvalue weighted by molar-refractivity contribution is 0.806. The molecule has 0 amide bonds. The number of hydrogen-bond donors (Lipinski definition) is 2. The number of H-pyrrole nitrogens is 1. The van der Waals surface area contributed by atoms with E-state index in [1.807, 2.05) is 17.5 Å². The van der Waals surface area contributed by atoms with E-state index in [1.54, 1.807) is 35.6 Å². The Morgan fingerprint density at radius 1 is 1.19 bits per heavy atom. The average Bonchev–Trinajstić information content (AvgIpc) is 3.35. The summed E-state index contributed by atoms with van der Waals surface area (Å²) >= 11 is 13.7. The third-order valence-electron chi connectivity index (χ3n) is 3.71. The molecule has 27 heavy (non-hydrogen) atoms. The number of hydrogen-bond acceptors (Lipinski definition) is 6. The molecule has 2 N–H and O–H groups in total. The van der Waals surface area contributed by atoms with Gasteiger partial charge in [0.1, 0.15) is 10.8 Å². The molecule has 3 heterocycles. The van der Waals surface area contributed by atoms with E-state index in [-0.39, 0.29) is 5.02 Å². The fraction of sp³-hybridized carbons (Fsp3) is 0.0588. The first-order valence-electron chi connectivity index (χ1n) is 7.84. The molecule has 0 aliphatic heterocycles. The maximum atomic E-state index is 12.5. The second-order valence-corrected chi connectivity index (χ2v) is 7.26. The second kappa shape index (κ2) is 7.51. The van der Waals surface area contributed by atoms with Crippen molar-refractivity contribution in [3.05, 3.63) is 74.2 Å². The van der Waals surface area contributed by atoms with E-state index in [0.717, 1.165) is 4.88 Å². The molecule has 0 atom stereocenters. The van der Waals surface area contributed by atoms with Crippen molar-refractivity contribution in [1.29, 1.82) is 0 Å². The molecule has 7 nitrogen and oxygen atoms in total. The third-order valence-corrected chi connectivity index (χ3v) is 5.19. The second-order valence-electron chi connectivity index (χ2n) is 5.50. The fourth-order valence-corrected chi connectivity index (χ4v) is 3.37. The van der Waals surface area contributed by atoms with E-state index >= 15 is 0 Å². The van der Waals surface area contributed by atoms with Gasteiger partial charge in [-0.2, -0.15) is 14.9 Å². The van der Waals surface area contributed by atoms with E-state index in [2.05, 4.69) is 25.6 Å². The smallest absolute Gasteiger partial charge is 0.292 e. The first-order valence-corrected chi connectivity index (χ1v) is 9.48. The first-order chi connectivity index (χ1) is 13.1. The number of thiophene rings is 1. The van der Waals surface area contributed by atoms with Crippen LogP contribution in [0.2, 0.25) is 10.0 Å². The summed E-state index contributed by atoms with van der Waals surface area (Å²) < 4.78 is 1.22. The quantitative estimate of drug-likeness (QED) is 0.511. The summed E-state index contributed by atoms with van der Waals surface area (Å²) in [5, 5.41) is 16.8. The summed E-state index contributed by atoms with van der Waals surface area (Å²) in [5.74, 6) is 1.25. The van der Waals surface area contributed by atoms with Crippen molar-refractivity contribution in [1.82, 2.24) is 25.0 Å². The van der Waals surface area contributed by atoms with Gasteiger partial charge >= 0.3 is 0 Å². The molecule has 0 unspecified atom stereocenters. The molecule has 0 bridgehead atoms. The Bertz CT molecular complexity index is 1120. The Kier molecular flexibility index (Phi) is 4.93. The lowest BCUT2D eigenvalue weighted by Crippen LogP contribution is -2.22. The first kappa shape index (κ1) is 17.7. The number of halogens is 2. The van der Waals surface area contributed by atoms with Crippen LogP contribution in [0.25, 0.3) is 16.4 Å². The number of aromatic amines is 1. The summed E-state index contributed by atoms with van der Waals surface area (Å²) in [5.41, 5.74) is 0.565. The number of benzene rings is 1. The number of aromatic nitrogens is 5. The maximum Gasteiger partial charge on any atom is 0.292 e. The summed E-state index contributed by atoms with van der Waals surface area (Å²) in [4.78, 5) is 17.9. The van der Waals surface area contributed by atoms with Crippen molar-refractivity contribution >= 4 is 40.2 Å². The van der Waals surface area contributed by atoms with E-state index in [9.17, 15) is 4.79 Å². The van der Waals surface area contributed by atoms with Gasteiger partial charge in [0.25, 0.3) is 5.56 Å². The van der Waals surface area contributed by atoms with Gasteiger partial charge in [-0.15, -0.1) is 11.3 Å². The van der Waals surface area contributed by atoms with Crippen LogP contribution in [0.3, 0.4) is 0 Å². The zero-order valence-electron chi connectivity index (χ0n) is 13.7.